The molecule has 5 heteroatoms. The second-order valence-electron chi connectivity index (χ2n) is 4.04. The van der Waals surface area contributed by atoms with E-state index >= 15 is 0 Å². The molecule has 0 spiro atoms. The highest BCUT2D eigenvalue weighted by Gasteiger charge is 2.04. The molecule has 1 aromatic rings. The van der Waals surface area contributed by atoms with Crippen LogP contribution in [-0.2, 0) is 9.53 Å². The maximum Gasteiger partial charge on any atom is 0.305 e. The Labute approximate surface area is 113 Å². The van der Waals surface area contributed by atoms with Gasteiger partial charge < -0.3 is 10.1 Å². The molecule has 104 valence electrons. The zero-order valence-corrected chi connectivity index (χ0v) is 11.4. The largest absolute Gasteiger partial charge is 0.466 e. The number of anilines is 1. The molecule has 0 aromatic carbocycles. The fourth-order valence-electron chi connectivity index (χ4n) is 1.54. The SMILES string of the molecule is CCOC(=O)CCCNc1ccc(C(=O)CC)nc1. The predicted molar refractivity (Wildman–Crippen MR) is 73.2 cm³/mol. The Morgan fingerprint density at radius 1 is 1.32 bits per heavy atom. The third kappa shape index (κ3) is 5.50. The lowest BCUT2D eigenvalue weighted by atomic mass is 10.2. The Morgan fingerprint density at radius 2 is 2.11 bits per heavy atom. The summed E-state index contributed by atoms with van der Waals surface area (Å²) in [4.78, 5) is 26.6. The van der Waals surface area contributed by atoms with E-state index < -0.39 is 0 Å². The van der Waals surface area contributed by atoms with Crippen molar-refractivity contribution in [3.63, 3.8) is 0 Å². The minimum Gasteiger partial charge on any atom is -0.466 e. The standard InChI is InChI=1S/C14H20N2O3/c1-3-13(17)12-8-7-11(10-16-12)15-9-5-6-14(18)19-4-2/h7-8,10,15H,3-6,9H2,1-2H3. The van der Waals surface area contributed by atoms with Gasteiger partial charge in [0, 0.05) is 19.4 Å². The van der Waals surface area contributed by atoms with Gasteiger partial charge in [0.25, 0.3) is 0 Å². The van der Waals surface area contributed by atoms with Crippen LogP contribution in [0.2, 0.25) is 0 Å². The fraction of sp³-hybridized carbons (Fsp3) is 0.500. The number of rotatable bonds is 8. The minimum atomic E-state index is -0.175. The highest BCUT2D eigenvalue weighted by Crippen LogP contribution is 2.08. The van der Waals surface area contributed by atoms with Gasteiger partial charge in [0.2, 0.25) is 0 Å². The number of esters is 1. The van der Waals surface area contributed by atoms with E-state index in [0.717, 1.165) is 5.69 Å². The van der Waals surface area contributed by atoms with Gasteiger partial charge in [-0.25, -0.2) is 0 Å². The molecule has 0 atom stereocenters. The van der Waals surface area contributed by atoms with Gasteiger partial charge in [-0.3, -0.25) is 14.6 Å². The first kappa shape index (κ1) is 15.1. The summed E-state index contributed by atoms with van der Waals surface area (Å²) >= 11 is 0. The molecule has 0 aliphatic carbocycles. The number of ketones is 1. The number of nitrogens with zero attached hydrogens (tertiary/aromatic N) is 1. The van der Waals surface area contributed by atoms with E-state index in [1.54, 1.807) is 19.2 Å². The quantitative estimate of drug-likeness (QED) is 0.443. The van der Waals surface area contributed by atoms with Gasteiger partial charge in [0.05, 0.1) is 18.5 Å². The monoisotopic (exact) mass is 264 g/mol. The van der Waals surface area contributed by atoms with E-state index in [-0.39, 0.29) is 11.8 Å². The summed E-state index contributed by atoms with van der Waals surface area (Å²) in [5.41, 5.74) is 1.33. The molecular formula is C14H20N2O3. The molecule has 0 aliphatic rings. The Bertz CT molecular complexity index is 415. The highest BCUT2D eigenvalue weighted by atomic mass is 16.5. The maximum atomic E-state index is 11.4. The molecule has 0 aliphatic heterocycles. The van der Waals surface area contributed by atoms with Gasteiger partial charge in [0.15, 0.2) is 5.78 Å². The molecule has 0 radical (unpaired) electrons. The van der Waals surface area contributed by atoms with E-state index in [2.05, 4.69) is 10.3 Å². The van der Waals surface area contributed by atoms with Crippen LogP contribution in [0.1, 0.15) is 43.6 Å². The Morgan fingerprint density at radius 3 is 2.68 bits per heavy atom. The fourth-order valence-corrected chi connectivity index (χ4v) is 1.54. The first-order valence-corrected chi connectivity index (χ1v) is 6.56. The molecule has 1 rings (SSSR count). The Balaban J connectivity index is 2.30. The number of carbonyl (C=O) groups excluding carboxylic acids is 2. The van der Waals surface area contributed by atoms with E-state index in [0.29, 0.717) is 38.1 Å². The van der Waals surface area contributed by atoms with Crippen molar-refractivity contribution < 1.29 is 14.3 Å². The summed E-state index contributed by atoms with van der Waals surface area (Å²) in [7, 11) is 0. The summed E-state index contributed by atoms with van der Waals surface area (Å²) in [6.45, 7) is 4.69. The van der Waals surface area contributed by atoms with Crippen LogP contribution in [0.5, 0.6) is 0 Å². The Kier molecular flexibility index (Phi) is 6.57. The normalized spacial score (nSPS) is 10.0. The van der Waals surface area contributed by atoms with Crippen LogP contribution < -0.4 is 5.32 Å². The first-order chi connectivity index (χ1) is 9.17. The van der Waals surface area contributed by atoms with E-state index in [9.17, 15) is 9.59 Å². The smallest absolute Gasteiger partial charge is 0.305 e. The predicted octanol–water partition coefficient (Wildman–Crippen LogP) is 2.43. The van der Waals surface area contributed by atoms with Crippen molar-refractivity contribution in [2.75, 3.05) is 18.5 Å². The van der Waals surface area contributed by atoms with Crippen LogP contribution in [-0.4, -0.2) is 29.9 Å². The van der Waals surface area contributed by atoms with Gasteiger partial charge in [-0.2, -0.15) is 0 Å². The van der Waals surface area contributed by atoms with Crippen LogP contribution in [0.3, 0.4) is 0 Å². The van der Waals surface area contributed by atoms with E-state index in [1.165, 1.54) is 0 Å². The number of pyridine rings is 1. The van der Waals surface area contributed by atoms with Crippen LogP contribution in [0.25, 0.3) is 0 Å². The average Bonchev–Trinajstić information content (AvgIpc) is 2.44. The van der Waals surface area contributed by atoms with Crippen LogP contribution >= 0.6 is 0 Å². The number of carbonyl (C=O) groups is 2. The van der Waals surface area contributed by atoms with Crippen LogP contribution in [0.4, 0.5) is 5.69 Å². The molecule has 1 N–H and O–H groups in total. The zero-order chi connectivity index (χ0) is 14.1. The molecule has 0 fully saturated rings. The number of aromatic nitrogens is 1. The van der Waals surface area contributed by atoms with Crippen molar-refractivity contribution in [3.8, 4) is 0 Å². The van der Waals surface area contributed by atoms with Crippen LogP contribution in [0.15, 0.2) is 18.3 Å². The molecule has 1 aromatic heterocycles. The maximum absolute atomic E-state index is 11.4. The molecule has 0 saturated heterocycles. The van der Waals surface area contributed by atoms with Gasteiger partial charge >= 0.3 is 5.97 Å². The van der Waals surface area contributed by atoms with Crippen molar-refractivity contribution in [3.05, 3.63) is 24.0 Å². The summed E-state index contributed by atoms with van der Waals surface area (Å²) < 4.78 is 4.83. The van der Waals surface area contributed by atoms with Crippen molar-refractivity contribution in [1.29, 1.82) is 0 Å². The first-order valence-electron chi connectivity index (χ1n) is 6.56. The molecule has 1 heterocycles. The van der Waals surface area contributed by atoms with Crippen LogP contribution in [0, 0.1) is 0 Å². The van der Waals surface area contributed by atoms with Crippen molar-refractivity contribution >= 4 is 17.4 Å². The summed E-state index contributed by atoms with van der Waals surface area (Å²) in [6.07, 6.45) is 3.20. The Hall–Kier alpha value is -1.91. The summed E-state index contributed by atoms with van der Waals surface area (Å²) in [6, 6.07) is 3.53. The molecule has 0 saturated carbocycles. The lowest BCUT2D eigenvalue weighted by Crippen LogP contribution is -2.08. The number of Topliss-reactive ketones (excluding diaryl/α,β-unsaturated/α-hetero) is 1. The lowest BCUT2D eigenvalue weighted by Gasteiger charge is -2.06. The third-order valence-electron chi connectivity index (χ3n) is 2.56. The highest BCUT2D eigenvalue weighted by molar-refractivity contribution is 5.94. The van der Waals surface area contributed by atoms with Gasteiger partial charge in [-0.05, 0) is 25.5 Å². The van der Waals surface area contributed by atoms with Crippen molar-refractivity contribution in [2.45, 2.75) is 33.1 Å². The van der Waals surface area contributed by atoms with E-state index in [4.69, 9.17) is 4.74 Å². The van der Waals surface area contributed by atoms with Crippen molar-refractivity contribution in [1.82, 2.24) is 4.98 Å². The summed E-state index contributed by atoms with van der Waals surface area (Å²) in [5, 5.41) is 3.14. The van der Waals surface area contributed by atoms with Gasteiger partial charge in [-0.1, -0.05) is 6.92 Å². The van der Waals surface area contributed by atoms with E-state index in [1.807, 2.05) is 13.0 Å². The van der Waals surface area contributed by atoms with Gasteiger partial charge in [-0.15, -0.1) is 0 Å². The summed E-state index contributed by atoms with van der Waals surface area (Å²) in [5.74, 6) is -0.139. The number of nitrogens with one attached hydrogen (secondary N) is 1. The topological polar surface area (TPSA) is 68.3 Å². The number of hydrogen-bond donors (Lipinski definition) is 1. The molecule has 0 unspecified atom stereocenters. The molecule has 0 bridgehead atoms. The molecule has 19 heavy (non-hydrogen) atoms. The average molecular weight is 264 g/mol. The molecular weight excluding hydrogens is 244 g/mol. The zero-order valence-electron chi connectivity index (χ0n) is 11.4. The van der Waals surface area contributed by atoms with Crippen molar-refractivity contribution in [2.24, 2.45) is 0 Å². The number of ether oxygens (including phenoxy) is 1. The lowest BCUT2D eigenvalue weighted by molar-refractivity contribution is -0.143. The van der Waals surface area contributed by atoms with Gasteiger partial charge in [0.1, 0.15) is 5.69 Å². The third-order valence-corrected chi connectivity index (χ3v) is 2.56. The minimum absolute atomic E-state index is 0.0360. The second-order valence-corrected chi connectivity index (χ2v) is 4.04. The second kappa shape index (κ2) is 8.24. The number of hydrogen-bond acceptors (Lipinski definition) is 5. The molecule has 0 amide bonds. The molecule has 5 nitrogen and oxygen atoms in total.